The van der Waals surface area contributed by atoms with Crippen LogP contribution < -0.4 is 0 Å². The molecule has 3 aliphatic rings. The Kier molecular flexibility index (Phi) is 5.85. The number of hydrogen-bond donors (Lipinski definition) is 0. The highest BCUT2D eigenvalue weighted by Crippen LogP contribution is 2.28. The topological polar surface area (TPSA) is 90.4 Å². The molecular formula is C24H25FN4O4S. The number of rotatable bonds is 2. The van der Waals surface area contributed by atoms with Crippen molar-refractivity contribution in [2.45, 2.75) is 17.7 Å². The fraction of sp³-hybridized carbons (Fsp3) is 0.375. The van der Waals surface area contributed by atoms with Gasteiger partial charge in [-0.2, -0.15) is 8.42 Å². The van der Waals surface area contributed by atoms with Crippen molar-refractivity contribution in [3.8, 4) is 0 Å². The summed E-state index contributed by atoms with van der Waals surface area (Å²) >= 11 is 0. The summed E-state index contributed by atoms with van der Waals surface area (Å²) in [5.41, 5.74) is 1.01. The maximum atomic E-state index is 13.2. The van der Waals surface area contributed by atoms with Crippen LogP contribution in [0.1, 0.15) is 28.8 Å². The predicted octanol–water partition coefficient (Wildman–Crippen LogP) is 1.97. The molecule has 0 radical (unpaired) electrons. The Morgan fingerprint density at radius 1 is 0.912 bits per heavy atom. The lowest BCUT2D eigenvalue weighted by atomic mass is 9.95. The molecule has 2 aromatic rings. The molecule has 5 rings (SSSR count). The number of piperazine rings is 1. The lowest BCUT2D eigenvalue weighted by molar-refractivity contribution is -0.138. The molecule has 8 nitrogen and oxygen atoms in total. The second-order valence-corrected chi connectivity index (χ2v) is 10.4. The minimum Gasteiger partial charge on any atom is -0.352 e. The lowest BCUT2D eigenvalue weighted by Gasteiger charge is -2.39. The summed E-state index contributed by atoms with van der Waals surface area (Å²) in [6.07, 6.45) is 1.44. The number of carbonyl (C=O) groups is 2. The Morgan fingerprint density at radius 3 is 2.35 bits per heavy atom. The molecule has 0 saturated carbocycles. The number of likely N-dealkylation sites (tertiary alicyclic amines) is 1. The fourth-order valence-corrected chi connectivity index (χ4v) is 6.08. The number of piperidine rings is 1. The molecule has 1 unspecified atom stereocenters. The van der Waals surface area contributed by atoms with Crippen molar-refractivity contribution in [3.05, 3.63) is 65.5 Å². The first-order valence-corrected chi connectivity index (χ1v) is 12.8. The third-order valence-electron chi connectivity index (χ3n) is 6.65. The first-order valence-electron chi connectivity index (χ1n) is 11.4. The molecule has 3 aliphatic heterocycles. The van der Waals surface area contributed by atoms with Crippen molar-refractivity contribution in [2.75, 3.05) is 39.3 Å². The van der Waals surface area contributed by atoms with Gasteiger partial charge >= 0.3 is 0 Å². The van der Waals surface area contributed by atoms with Crippen LogP contribution >= 0.6 is 0 Å². The molecule has 2 fully saturated rings. The molecule has 1 atom stereocenters. The van der Waals surface area contributed by atoms with E-state index in [-0.39, 0.29) is 22.6 Å². The Morgan fingerprint density at radius 2 is 1.62 bits per heavy atom. The summed E-state index contributed by atoms with van der Waals surface area (Å²) in [4.78, 5) is 31.6. The largest absolute Gasteiger partial charge is 0.352 e. The second kappa shape index (κ2) is 8.83. The number of sulfonamides is 1. The third-order valence-corrected chi connectivity index (χ3v) is 7.98. The van der Waals surface area contributed by atoms with Crippen LogP contribution in [0.2, 0.25) is 0 Å². The van der Waals surface area contributed by atoms with Crippen molar-refractivity contribution in [1.29, 1.82) is 0 Å². The summed E-state index contributed by atoms with van der Waals surface area (Å²) in [5, 5.41) is 0. The smallest absolute Gasteiger partial charge is 0.285 e. The number of amidine groups is 1. The van der Waals surface area contributed by atoms with Gasteiger partial charge in [0.2, 0.25) is 5.91 Å². The van der Waals surface area contributed by atoms with Gasteiger partial charge in [0.15, 0.2) is 5.84 Å². The van der Waals surface area contributed by atoms with Crippen LogP contribution in [0.3, 0.4) is 0 Å². The Labute approximate surface area is 197 Å². The van der Waals surface area contributed by atoms with Crippen molar-refractivity contribution in [3.63, 3.8) is 0 Å². The normalized spacial score (nSPS) is 21.7. The quantitative estimate of drug-likeness (QED) is 0.650. The Hall–Kier alpha value is -3.27. The highest BCUT2D eigenvalue weighted by atomic mass is 32.2. The van der Waals surface area contributed by atoms with E-state index in [4.69, 9.17) is 0 Å². The number of benzene rings is 2. The number of hydrogen-bond acceptors (Lipinski definition) is 5. The number of fused-ring (bicyclic) bond motifs is 1. The van der Waals surface area contributed by atoms with Gasteiger partial charge in [-0.15, -0.1) is 4.40 Å². The third kappa shape index (κ3) is 4.18. The van der Waals surface area contributed by atoms with E-state index in [1.54, 1.807) is 34.1 Å². The number of halogens is 1. The van der Waals surface area contributed by atoms with Gasteiger partial charge in [-0.25, -0.2) is 4.39 Å². The number of amides is 2. The highest BCUT2D eigenvalue weighted by molar-refractivity contribution is 7.90. The Balaban J connectivity index is 1.21. The van der Waals surface area contributed by atoms with E-state index in [0.717, 1.165) is 6.42 Å². The van der Waals surface area contributed by atoms with Crippen LogP contribution in [0.4, 0.5) is 4.39 Å². The zero-order chi connectivity index (χ0) is 23.9. The van der Waals surface area contributed by atoms with Crippen molar-refractivity contribution in [2.24, 2.45) is 10.3 Å². The van der Waals surface area contributed by atoms with Crippen molar-refractivity contribution in [1.82, 2.24) is 14.7 Å². The van der Waals surface area contributed by atoms with E-state index in [2.05, 4.69) is 4.40 Å². The van der Waals surface area contributed by atoms with Crippen LogP contribution in [0.15, 0.2) is 57.8 Å². The first-order chi connectivity index (χ1) is 16.3. The van der Waals surface area contributed by atoms with Crippen LogP contribution in [-0.2, 0) is 14.8 Å². The summed E-state index contributed by atoms with van der Waals surface area (Å²) in [5.74, 6) is -0.419. The molecule has 2 amide bonds. The molecule has 34 heavy (non-hydrogen) atoms. The molecule has 0 aromatic heterocycles. The van der Waals surface area contributed by atoms with Crippen molar-refractivity contribution < 1.29 is 22.4 Å². The summed E-state index contributed by atoms with van der Waals surface area (Å²) < 4.78 is 41.9. The van der Waals surface area contributed by atoms with E-state index in [9.17, 15) is 22.4 Å². The maximum Gasteiger partial charge on any atom is 0.285 e. The van der Waals surface area contributed by atoms with Crippen LogP contribution in [-0.4, -0.2) is 80.0 Å². The summed E-state index contributed by atoms with van der Waals surface area (Å²) in [7, 11) is -3.68. The molecule has 2 aromatic carbocycles. The van der Waals surface area contributed by atoms with Gasteiger partial charge in [0.1, 0.15) is 10.7 Å². The van der Waals surface area contributed by atoms with Gasteiger partial charge in [-0.05, 0) is 49.2 Å². The van der Waals surface area contributed by atoms with Gasteiger partial charge in [0, 0.05) is 50.4 Å². The second-order valence-electron chi connectivity index (χ2n) is 8.80. The minimum absolute atomic E-state index is 0.0117. The minimum atomic E-state index is -3.68. The standard InChI is InChI=1S/C24H25FN4O4S/c25-19-9-7-17(8-10-19)23(30)29-11-3-4-18(16-29)24(31)28-14-12-27(13-15-28)22-20-5-1-2-6-21(20)34(32,33)26-22/h1-2,5-10,18H,3-4,11-16H2. The predicted molar refractivity (Wildman–Crippen MR) is 123 cm³/mol. The molecule has 0 N–H and O–H groups in total. The van der Waals surface area contributed by atoms with Crippen LogP contribution in [0, 0.1) is 11.7 Å². The van der Waals surface area contributed by atoms with E-state index < -0.39 is 15.8 Å². The van der Waals surface area contributed by atoms with Gasteiger partial charge < -0.3 is 14.7 Å². The van der Waals surface area contributed by atoms with Crippen LogP contribution in [0.25, 0.3) is 0 Å². The van der Waals surface area contributed by atoms with E-state index in [1.165, 1.54) is 24.3 Å². The molecule has 3 heterocycles. The zero-order valence-corrected chi connectivity index (χ0v) is 19.4. The molecule has 0 spiro atoms. The lowest BCUT2D eigenvalue weighted by Crippen LogP contribution is -2.54. The van der Waals surface area contributed by atoms with E-state index in [1.807, 2.05) is 4.90 Å². The maximum absolute atomic E-state index is 13.2. The molecule has 10 heteroatoms. The molecule has 2 saturated heterocycles. The van der Waals surface area contributed by atoms with Crippen LogP contribution in [0.5, 0.6) is 0 Å². The Bertz CT molecular complexity index is 1250. The summed E-state index contributed by atoms with van der Waals surface area (Å²) in [6.45, 7) is 2.80. The highest BCUT2D eigenvalue weighted by Gasteiger charge is 2.36. The number of carbonyl (C=O) groups excluding carboxylic acids is 2. The van der Waals surface area contributed by atoms with Gasteiger partial charge in [0.05, 0.1) is 5.92 Å². The molecular weight excluding hydrogens is 459 g/mol. The van der Waals surface area contributed by atoms with Crippen molar-refractivity contribution >= 4 is 27.7 Å². The van der Waals surface area contributed by atoms with Gasteiger partial charge in [-0.1, -0.05) is 12.1 Å². The van der Waals surface area contributed by atoms with E-state index in [0.29, 0.717) is 62.7 Å². The summed E-state index contributed by atoms with van der Waals surface area (Å²) in [6, 6.07) is 12.2. The molecule has 178 valence electrons. The average molecular weight is 485 g/mol. The molecule has 0 aliphatic carbocycles. The van der Waals surface area contributed by atoms with E-state index >= 15 is 0 Å². The fourth-order valence-electron chi connectivity index (χ4n) is 4.85. The molecule has 0 bridgehead atoms. The first kappa shape index (κ1) is 22.5. The average Bonchev–Trinajstić information content (AvgIpc) is 3.15. The van der Waals surface area contributed by atoms with Gasteiger partial charge in [0.25, 0.3) is 15.9 Å². The van der Waals surface area contributed by atoms with Gasteiger partial charge in [-0.3, -0.25) is 9.59 Å². The zero-order valence-electron chi connectivity index (χ0n) is 18.6. The number of nitrogens with zero attached hydrogens (tertiary/aromatic N) is 4. The monoisotopic (exact) mass is 484 g/mol. The SMILES string of the molecule is O=C(c1ccc(F)cc1)N1CCCC(C(=O)N2CCN(C3=NS(=O)(=O)c4ccccc43)CC2)C1.